The second-order valence-electron chi connectivity index (χ2n) is 7.29. The molecule has 0 radical (unpaired) electrons. The maximum absolute atomic E-state index is 13.0. The van der Waals surface area contributed by atoms with Crippen LogP contribution in [0.4, 0.5) is 0 Å². The number of aryl methyl sites for hydroxylation is 1. The lowest BCUT2D eigenvalue weighted by atomic mass is 9.98. The average molecular weight is 432 g/mol. The summed E-state index contributed by atoms with van der Waals surface area (Å²) in [6.07, 6.45) is 2.02. The molecule has 0 unspecified atom stereocenters. The molecule has 30 heavy (non-hydrogen) atoms. The van der Waals surface area contributed by atoms with Crippen LogP contribution in [0.5, 0.6) is 0 Å². The van der Waals surface area contributed by atoms with Crippen molar-refractivity contribution in [3.05, 3.63) is 51.4 Å². The van der Waals surface area contributed by atoms with Crippen molar-refractivity contribution < 1.29 is 14.3 Å². The number of aromatic nitrogens is 2. The molecule has 8 heteroatoms. The Balaban J connectivity index is 1.88. The molecule has 1 saturated heterocycles. The monoisotopic (exact) mass is 431 g/mol. The summed E-state index contributed by atoms with van der Waals surface area (Å²) in [4.78, 5) is 44.1. The van der Waals surface area contributed by atoms with Crippen LogP contribution >= 0.6 is 11.6 Å². The van der Waals surface area contributed by atoms with Crippen LogP contribution in [0.25, 0.3) is 11.4 Å². The lowest BCUT2D eigenvalue weighted by molar-refractivity contribution is -0.151. The number of ether oxygens (including phenoxy) is 1. The zero-order valence-electron chi connectivity index (χ0n) is 17.3. The normalized spacial score (nSPS) is 16.4. The molecule has 1 atom stereocenters. The number of carbonyl (C=O) groups excluding carboxylic acids is 2. The number of piperidine rings is 1. The molecule has 0 saturated carbocycles. The molecule has 1 amide bonds. The first-order valence-corrected chi connectivity index (χ1v) is 10.6. The van der Waals surface area contributed by atoms with Gasteiger partial charge in [-0.2, -0.15) is 0 Å². The minimum Gasteiger partial charge on any atom is -0.466 e. The van der Waals surface area contributed by atoms with Crippen molar-refractivity contribution in [3.8, 4) is 11.4 Å². The van der Waals surface area contributed by atoms with Gasteiger partial charge < -0.3 is 9.64 Å². The Morgan fingerprint density at radius 3 is 2.77 bits per heavy atom. The summed E-state index contributed by atoms with van der Waals surface area (Å²) in [5.74, 6) is -0.414. The zero-order valence-corrected chi connectivity index (χ0v) is 18.0. The fourth-order valence-electron chi connectivity index (χ4n) is 3.63. The van der Waals surface area contributed by atoms with Crippen molar-refractivity contribution in [2.75, 3.05) is 19.7 Å². The van der Waals surface area contributed by atoms with E-state index >= 15 is 0 Å². The molecule has 0 N–H and O–H groups in total. The van der Waals surface area contributed by atoms with Crippen molar-refractivity contribution >= 4 is 23.5 Å². The summed E-state index contributed by atoms with van der Waals surface area (Å²) >= 11 is 6.13. The maximum Gasteiger partial charge on any atom is 0.310 e. The van der Waals surface area contributed by atoms with Gasteiger partial charge in [-0.25, -0.2) is 4.98 Å². The first kappa shape index (κ1) is 22.0. The third-order valence-electron chi connectivity index (χ3n) is 5.19. The van der Waals surface area contributed by atoms with Crippen molar-refractivity contribution in [3.63, 3.8) is 0 Å². The second kappa shape index (κ2) is 9.89. The van der Waals surface area contributed by atoms with Crippen molar-refractivity contribution in [1.29, 1.82) is 0 Å². The summed E-state index contributed by atoms with van der Waals surface area (Å²) in [5.41, 5.74) is 1.04. The predicted molar refractivity (Wildman–Crippen MR) is 114 cm³/mol. The molecule has 1 aliphatic heterocycles. The topological polar surface area (TPSA) is 81.5 Å². The molecule has 0 spiro atoms. The molecule has 0 aliphatic carbocycles. The van der Waals surface area contributed by atoms with Crippen LogP contribution in [-0.4, -0.2) is 46.0 Å². The number of nitrogens with zero attached hydrogens (tertiary/aromatic N) is 3. The Morgan fingerprint density at radius 2 is 2.07 bits per heavy atom. The van der Waals surface area contributed by atoms with E-state index in [9.17, 15) is 14.4 Å². The third kappa shape index (κ3) is 5.08. The molecule has 1 fully saturated rings. The Kier molecular flexibility index (Phi) is 7.26. The highest BCUT2D eigenvalue weighted by Crippen LogP contribution is 2.22. The molecule has 1 aromatic carbocycles. The number of halogens is 1. The van der Waals surface area contributed by atoms with Gasteiger partial charge in [-0.15, -0.1) is 0 Å². The van der Waals surface area contributed by atoms with E-state index in [0.29, 0.717) is 54.6 Å². The lowest BCUT2D eigenvalue weighted by Crippen LogP contribution is -2.45. The largest absolute Gasteiger partial charge is 0.466 e. The highest BCUT2D eigenvalue weighted by molar-refractivity contribution is 6.30. The van der Waals surface area contributed by atoms with Gasteiger partial charge in [-0.05, 0) is 38.3 Å². The molecule has 1 aliphatic rings. The number of amides is 1. The van der Waals surface area contributed by atoms with Gasteiger partial charge in [0.1, 0.15) is 12.4 Å². The molecule has 7 nitrogen and oxygen atoms in total. The highest BCUT2D eigenvalue weighted by atomic mass is 35.5. The quantitative estimate of drug-likeness (QED) is 0.657. The van der Waals surface area contributed by atoms with Gasteiger partial charge in [0, 0.05) is 35.4 Å². The van der Waals surface area contributed by atoms with Gasteiger partial charge in [0.25, 0.3) is 5.56 Å². The van der Waals surface area contributed by atoms with E-state index < -0.39 is 0 Å². The molecule has 3 rings (SSSR count). The molecule has 160 valence electrons. The Morgan fingerprint density at radius 1 is 1.27 bits per heavy atom. The van der Waals surface area contributed by atoms with Crippen LogP contribution in [0.15, 0.2) is 35.1 Å². The van der Waals surface area contributed by atoms with Gasteiger partial charge in [0.15, 0.2) is 0 Å². The van der Waals surface area contributed by atoms with Crippen molar-refractivity contribution in [2.24, 2.45) is 5.92 Å². The molecular weight excluding hydrogens is 406 g/mol. The minimum absolute atomic E-state index is 0.146. The van der Waals surface area contributed by atoms with E-state index in [-0.39, 0.29) is 29.9 Å². The van der Waals surface area contributed by atoms with Crippen LogP contribution in [0, 0.1) is 5.92 Å². The van der Waals surface area contributed by atoms with E-state index in [1.807, 2.05) is 13.0 Å². The summed E-state index contributed by atoms with van der Waals surface area (Å²) in [5, 5.41) is 0.523. The first-order chi connectivity index (χ1) is 14.4. The van der Waals surface area contributed by atoms with Crippen LogP contribution < -0.4 is 5.56 Å². The van der Waals surface area contributed by atoms with Crippen molar-refractivity contribution in [2.45, 2.75) is 39.7 Å². The third-order valence-corrected chi connectivity index (χ3v) is 5.43. The van der Waals surface area contributed by atoms with Gasteiger partial charge in [0.2, 0.25) is 5.91 Å². The standard InChI is InChI=1S/C22H26ClN3O4/c1-3-18-12-19(27)26(21(24-18)15-7-5-9-17(23)11-15)14-20(28)25-10-6-8-16(13-25)22(29)30-4-2/h5,7,9,11-12,16H,3-4,6,8,10,13-14H2,1-2H3/t16-/m1/s1. The molecule has 1 aromatic heterocycles. The van der Waals surface area contributed by atoms with Gasteiger partial charge in [-0.3, -0.25) is 19.0 Å². The number of hydrogen-bond donors (Lipinski definition) is 0. The summed E-state index contributed by atoms with van der Waals surface area (Å²) in [6, 6.07) is 8.51. The molecule has 2 heterocycles. The van der Waals surface area contributed by atoms with E-state index in [1.165, 1.54) is 10.6 Å². The lowest BCUT2D eigenvalue weighted by Gasteiger charge is -2.32. The summed E-state index contributed by atoms with van der Waals surface area (Å²) < 4.78 is 6.48. The average Bonchev–Trinajstić information content (AvgIpc) is 2.75. The minimum atomic E-state index is -0.327. The Labute approximate surface area is 180 Å². The van der Waals surface area contributed by atoms with Crippen LogP contribution in [-0.2, 0) is 27.3 Å². The number of likely N-dealkylation sites (tertiary alicyclic amines) is 1. The number of hydrogen-bond acceptors (Lipinski definition) is 5. The van der Waals surface area contributed by atoms with E-state index in [1.54, 1.807) is 30.0 Å². The number of esters is 1. The number of rotatable bonds is 6. The van der Waals surface area contributed by atoms with E-state index in [2.05, 4.69) is 4.98 Å². The van der Waals surface area contributed by atoms with Crippen LogP contribution in [0.1, 0.15) is 32.4 Å². The zero-order chi connectivity index (χ0) is 21.7. The van der Waals surface area contributed by atoms with E-state index in [4.69, 9.17) is 16.3 Å². The maximum atomic E-state index is 13.0. The number of benzene rings is 1. The smallest absolute Gasteiger partial charge is 0.310 e. The SMILES string of the molecule is CCOC(=O)[C@@H]1CCCN(C(=O)Cn2c(-c3cccc(Cl)c3)nc(CC)cc2=O)C1. The fourth-order valence-corrected chi connectivity index (χ4v) is 3.82. The molecular formula is C22H26ClN3O4. The highest BCUT2D eigenvalue weighted by Gasteiger charge is 2.29. The number of carbonyl (C=O) groups is 2. The molecule has 0 bridgehead atoms. The van der Waals surface area contributed by atoms with Gasteiger partial charge in [0.05, 0.1) is 12.5 Å². The Bertz CT molecular complexity index is 989. The van der Waals surface area contributed by atoms with Crippen molar-refractivity contribution in [1.82, 2.24) is 14.5 Å². The van der Waals surface area contributed by atoms with Gasteiger partial charge >= 0.3 is 5.97 Å². The van der Waals surface area contributed by atoms with Gasteiger partial charge in [-0.1, -0.05) is 30.7 Å². The van der Waals surface area contributed by atoms with E-state index in [0.717, 1.165) is 6.42 Å². The second-order valence-corrected chi connectivity index (χ2v) is 7.73. The fraction of sp³-hybridized carbons (Fsp3) is 0.455. The summed E-state index contributed by atoms with van der Waals surface area (Å²) in [6.45, 7) is 4.71. The van der Waals surface area contributed by atoms with Crippen LogP contribution in [0.3, 0.4) is 0 Å². The van der Waals surface area contributed by atoms with Crippen LogP contribution in [0.2, 0.25) is 5.02 Å². The molecule has 2 aromatic rings. The summed E-state index contributed by atoms with van der Waals surface area (Å²) in [7, 11) is 0. The Hall–Kier alpha value is -2.67. The predicted octanol–water partition coefficient (Wildman–Crippen LogP) is 2.93. The first-order valence-electron chi connectivity index (χ1n) is 10.2.